The molecule has 0 aliphatic carbocycles. The van der Waals surface area contributed by atoms with Crippen LogP contribution < -0.4 is 10.6 Å². The summed E-state index contributed by atoms with van der Waals surface area (Å²) >= 11 is 0. The molecule has 0 heterocycles. The number of carbonyl (C=O) groups excluding carboxylic acids is 1. The molecule has 1 aromatic carbocycles. The fraction of sp³-hybridized carbons (Fsp3) is 0.333. The lowest BCUT2D eigenvalue weighted by Gasteiger charge is -2.21. The first kappa shape index (κ1) is 22.0. The summed E-state index contributed by atoms with van der Waals surface area (Å²) in [5.74, 6) is 3.07. The van der Waals surface area contributed by atoms with Crippen molar-refractivity contribution < 1.29 is 4.79 Å². The van der Waals surface area contributed by atoms with Gasteiger partial charge in [0, 0.05) is 31.9 Å². The number of hydrogen-bond acceptors (Lipinski definition) is 2. The zero-order chi connectivity index (χ0) is 17.1. The van der Waals surface area contributed by atoms with Gasteiger partial charge in [0.05, 0.1) is 6.54 Å². The number of halogens is 1. The second-order valence-corrected chi connectivity index (χ2v) is 5.03. The molecule has 0 unspecified atom stereocenters. The molecule has 1 rings (SSSR count). The molecule has 6 heteroatoms. The Morgan fingerprint density at radius 1 is 1.50 bits per heavy atom. The van der Waals surface area contributed by atoms with E-state index in [4.69, 9.17) is 6.42 Å². The van der Waals surface area contributed by atoms with Crippen LogP contribution in [0.2, 0.25) is 0 Å². The molecule has 130 valence electrons. The van der Waals surface area contributed by atoms with Crippen molar-refractivity contribution >= 4 is 41.5 Å². The van der Waals surface area contributed by atoms with E-state index in [-0.39, 0.29) is 36.4 Å². The average molecular weight is 440 g/mol. The monoisotopic (exact) mass is 440 g/mol. The van der Waals surface area contributed by atoms with Crippen LogP contribution in [0.15, 0.2) is 41.9 Å². The van der Waals surface area contributed by atoms with Crippen LogP contribution in [0.4, 0.5) is 5.69 Å². The fourth-order valence-corrected chi connectivity index (χ4v) is 2.01. The van der Waals surface area contributed by atoms with Gasteiger partial charge in [-0.25, -0.2) is 0 Å². The lowest BCUT2D eigenvalue weighted by Crippen LogP contribution is -2.42. The van der Waals surface area contributed by atoms with Gasteiger partial charge in [0.1, 0.15) is 0 Å². The van der Waals surface area contributed by atoms with Crippen LogP contribution in [-0.2, 0) is 4.79 Å². The maximum atomic E-state index is 12.0. The number of nitrogens with zero attached hydrogens (tertiary/aromatic N) is 2. The Morgan fingerprint density at radius 3 is 2.88 bits per heavy atom. The Kier molecular flexibility index (Phi) is 11.4. The first-order valence-corrected chi connectivity index (χ1v) is 7.50. The number of hydrogen-bond donors (Lipinski definition) is 2. The predicted molar refractivity (Wildman–Crippen MR) is 112 cm³/mol. The molecule has 0 fully saturated rings. The first-order chi connectivity index (χ1) is 11.1. The molecule has 2 N–H and O–H groups in total. The number of amides is 1. The number of guanidine groups is 1. The van der Waals surface area contributed by atoms with E-state index in [2.05, 4.69) is 28.1 Å². The number of unbranched alkanes of at least 4 members (excludes halogenated alkanes) is 1. The minimum absolute atomic E-state index is 0. The van der Waals surface area contributed by atoms with E-state index >= 15 is 0 Å². The van der Waals surface area contributed by atoms with Gasteiger partial charge < -0.3 is 15.5 Å². The van der Waals surface area contributed by atoms with E-state index in [0.717, 1.165) is 24.9 Å². The highest BCUT2D eigenvalue weighted by atomic mass is 127. The van der Waals surface area contributed by atoms with Gasteiger partial charge in [-0.05, 0) is 31.0 Å². The summed E-state index contributed by atoms with van der Waals surface area (Å²) < 4.78 is 0. The number of terminal acetylenes is 1. The molecule has 0 radical (unpaired) electrons. The minimum Gasteiger partial charge on any atom is -0.347 e. The van der Waals surface area contributed by atoms with Gasteiger partial charge in [-0.3, -0.25) is 9.79 Å². The third-order valence-electron chi connectivity index (χ3n) is 3.20. The maximum absolute atomic E-state index is 12.0. The van der Waals surface area contributed by atoms with E-state index in [1.807, 2.05) is 30.2 Å². The van der Waals surface area contributed by atoms with Gasteiger partial charge in [0.25, 0.3) is 0 Å². The molecule has 1 amide bonds. The maximum Gasteiger partial charge on any atom is 0.243 e. The smallest absolute Gasteiger partial charge is 0.243 e. The van der Waals surface area contributed by atoms with E-state index < -0.39 is 0 Å². The van der Waals surface area contributed by atoms with Crippen molar-refractivity contribution in [2.75, 3.05) is 32.5 Å². The molecule has 0 saturated heterocycles. The number of nitrogens with one attached hydrogen (secondary N) is 2. The van der Waals surface area contributed by atoms with Gasteiger partial charge >= 0.3 is 0 Å². The number of benzene rings is 1. The Balaban J connectivity index is 0.00000529. The van der Waals surface area contributed by atoms with Crippen LogP contribution in [0.25, 0.3) is 0 Å². The van der Waals surface area contributed by atoms with E-state index in [9.17, 15) is 4.79 Å². The van der Waals surface area contributed by atoms with Crippen LogP contribution in [-0.4, -0.2) is 44.0 Å². The van der Waals surface area contributed by atoms with E-state index in [1.165, 1.54) is 0 Å². The van der Waals surface area contributed by atoms with E-state index in [0.29, 0.717) is 11.6 Å². The molecule has 0 spiro atoms. The number of carbonyl (C=O) groups is 1. The topological polar surface area (TPSA) is 56.7 Å². The summed E-state index contributed by atoms with van der Waals surface area (Å²) in [5.41, 5.74) is 1.41. The minimum atomic E-state index is -0.153. The molecule has 0 aliphatic heterocycles. The number of allylic oxidation sites excluding steroid dienone is 1. The second kappa shape index (κ2) is 12.4. The van der Waals surface area contributed by atoms with Gasteiger partial charge in [-0.2, -0.15) is 0 Å². The zero-order valence-corrected chi connectivity index (χ0v) is 16.5. The van der Waals surface area contributed by atoms with Crippen molar-refractivity contribution in [2.24, 2.45) is 4.99 Å². The second-order valence-electron chi connectivity index (χ2n) is 5.03. The lowest BCUT2D eigenvalue weighted by atomic mass is 10.2. The summed E-state index contributed by atoms with van der Waals surface area (Å²) in [6.45, 7) is 4.69. The van der Waals surface area contributed by atoms with Crippen LogP contribution in [0.5, 0.6) is 0 Å². The SMILES string of the molecule is C#Cc1cccc(NC(=O)CNC(=NC)N(C)CCCC=C)c1.I. The molecule has 0 aromatic heterocycles. The van der Waals surface area contributed by atoms with Crippen molar-refractivity contribution in [3.8, 4) is 12.3 Å². The van der Waals surface area contributed by atoms with Crippen LogP contribution in [0.1, 0.15) is 18.4 Å². The highest BCUT2D eigenvalue weighted by Crippen LogP contribution is 2.09. The van der Waals surface area contributed by atoms with Crippen LogP contribution >= 0.6 is 24.0 Å². The summed E-state index contributed by atoms with van der Waals surface area (Å²) in [6, 6.07) is 7.18. The summed E-state index contributed by atoms with van der Waals surface area (Å²) in [4.78, 5) is 18.2. The quantitative estimate of drug-likeness (QED) is 0.171. The summed E-state index contributed by atoms with van der Waals surface area (Å²) in [7, 11) is 3.63. The molecule has 1 aromatic rings. The van der Waals surface area contributed by atoms with Gasteiger partial charge in [-0.15, -0.1) is 37.0 Å². The van der Waals surface area contributed by atoms with Gasteiger partial charge in [0.15, 0.2) is 5.96 Å². The largest absolute Gasteiger partial charge is 0.347 e. The van der Waals surface area contributed by atoms with Crippen molar-refractivity contribution in [3.63, 3.8) is 0 Å². The Labute approximate surface area is 161 Å². The zero-order valence-electron chi connectivity index (χ0n) is 14.2. The molecular formula is C18H25IN4O. The number of aliphatic imine (C=N–C) groups is 1. The Hall–Kier alpha value is -2.01. The molecular weight excluding hydrogens is 415 g/mol. The van der Waals surface area contributed by atoms with Crippen molar-refractivity contribution in [1.82, 2.24) is 10.2 Å². The fourth-order valence-electron chi connectivity index (χ4n) is 2.01. The highest BCUT2D eigenvalue weighted by molar-refractivity contribution is 14.0. The predicted octanol–water partition coefficient (Wildman–Crippen LogP) is 2.70. The third-order valence-corrected chi connectivity index (χ3v) is 3.20. The first-order valence-electron chi connectivity index (χ1n) is 7.50. The number of anilines is 1. The Morgan fingerprint density at radius 2 is 2.25 bits per heavy atom. The molecule has 5 nitrogen and oxygen atoms in total. The standard InChI is InChI=1S/C18H24N4O.HI/c1-5-7-8-12-22(4)18(19-3)20-14-17(23)21-16-11-9-10-15(6-2)13-16;/h2,5,9-11,13H,1,7-8,12,14H2,3-4H3,(H,19,20)(H,21,23);1H. The van der Waals surface area contributed by atoms with Crippen molar-refractivity contribution in [3.05, 3.63) is 42.5 Å². The van der Waals surface area contributed by atoms with Gasteiger partial charge in [0.2, 0.25) is 5.91 Å². The average Bonchev–Trinajstić information content (AvgIpc) is 2.55. The van der Waals surface area contributed by atoms with Crippen LogP contribution in [0.3, 0.4) is 0 Å². The third kappa shape index (κ3) is 8.02. The summed E-state index contributed by atoms with van der Waals surface area (Å²) in [6.07, 6.45) is 9.18. The highest BCUT2D eigenvalue weighted by Gasteiger charge is 2.08. The van der Waals surface area contributed by atoms with Crippen molar-refractivity contribution in [1.29, 1.82) is 0 Å². The summed E-state index contributed by atoms with van der Waals surface area (Å²) in [5, 5.41) is 5.85. The lowest BCUT2D eigenvalue weighted by molar-refractivity contribution is -0.115. The Bertz CT molecular complexity index is 607. The van der Waals surface area contributed by atoms with Crippen molar-refractivity contribution in [2.45, 2.75) is 12.8 Å². The normalized spacial score (nSPS) is 10.1. The van der Waals surface area contributed by atoms with Crippen LogP contribution in [0, 0.1) is 12.3 Å². The molecule has 0 atom stereocenters. The van der Waals surface area contributed by atoms with E-state index in [1.54, 1.807) is 19.2 Å². The molecule has 0 saturated carbocycles. The molecule has 0 bridgehead atoms. The number of rotatable bonds is 7. The van der Waals surface area contributed by atoms with Gasteiger partial charge in [-0.1, -0.05) is 18.1 Å². The molecule has 24 heavy (non-hydrogen) atoms. The molecule has 0 aliphatic rings.